The number of halogens is 2. The standard InChI is InChI=1S/C14H16ClIN2O2/c1-14(2,3)12-13(20)18(7-11(19)17-12)10-5-4-8(16)6-9(10)15/h4-6,12H,7H2,1-3H3,(H,17,19). The molecule has 108 valence electrons. The second-order valence-electron chi connectivity index (χ2n) is 5.89. The van der Waals surface area contributed by atoms with Gasteiger partial charge in [0, 0.05) is 3.57 Å². The number of carbonyl (C=O) groups excluding carboxylic acids is 2. The molecule has 0 aliphatic carbocycles. The van der Waals surface area contributed by atoms with Crippen LogP contribution in [0, 0.1) is 8.99 Å². The van der Waals surface area contributed by atoms with Crippen molar-refractivity contribution in [2.75, 3.05) is 11.4 Å². The van der Waals surface area contributed by atoms with Crippen molar-refractivity contribution in [3.05, 3.63) is 26.8 Å². The molecule has 6 heteroatoms. The van der Waals surface area contributed by atoms with Crippen LogP contribution in [0.3, 0.4) is 0 Å². The zero-order valence-electron chi connectivity index (χ0n) is 11.5. The van der Waals surface area contributed by atoms with Crippen LogP contribution in [0.2, 0.25) is 5.02 Å². The Morgan fingerprint density at radius 2 is 2.00 bits per heavy atom. The lowest BCUT2D eigenvalue weighted by Crippen LogP contribution is -2.62. The number of hydrogen-bond acceptors (Lipinski definition) is 2. The molecule has 1 saturated heterocycles. The molecule has 0 aromatic heterocycles. The Kier molecular flexibility index (Phi) is 4.30. The van der Waals surface area contributed by atoms with E-state index >= 15 is 0 Å². The lowest BCUT2D eigenvalue weighted by atomic mass is 9.84. The Labute approximate surface area is 137 Å². The third-order valence-corrected chi connectivity index (χ3v) is 4.16. The summed E-state index contributed by atoms with van der Waals surface area (Å²) in [5.41, 5.74) is 0.238. The van der Waals surface area contributed by atoms with E-state index in [4.69, 9.17) is 11.6 Å². The number of anilines is 1. The maximum atomic E-state index is 12.6. The number of amides is 2. The van der Waals surface area contributed by atoms with Gasteiger partial charge in [-0.3, -0.25) is 14.5 Å². The van der Waals surface area contributed by atoms with Gasteiger partial charge in [-0.2, -0.15) is 0 Å². The molecule has 1 aromatic carbocycles. The number of carbonyl (C=O) groups is 2. The van der Waals surface area contributed by atoms with Gasteiger partial charge in [0.25, 0.3) is 5.91 Å². The fraction of sp³-hybridized carbons (Fsp3) is 0.429. The van der Waals surface area contributed by atoms with Crippen molar-refractivity contribution >= 4 is 51.7 Å². The van der Waals surface area contributed by atoms with Crippen molar-refractivity contribution in [1.29, 1.82) is 0 Å². The molecular formula is C14H16ClIN2O2. The van der Waals surface area contributed by atoms with Gasteiger partial charge in [0.2, 0.25) is 5.91 Å². The summed E-state index contributed by atoms with van der Waals surface area (Å²) < 4.78 is 0.984. The monoisotopic (exact) mass is 406 g/mol. The second kappa shape index (κ2) is 5.52. The minimum Gasteiger partial charge on any atom is -0.342 e. The summed E-state index contributed by atoms with van der Waals surface area (Å²) in [6.07, 6.45) is 0. The third-order valence-electron chi connectivity index (χ3n) is 3.19. The smallest absolute Gasteiger partial charge is 0.250 e. The number of benzene rings is 1. The topological polar surface area (TPSA) is 49.4 Å². The molecule has 0 radical (unpaired) electrons. The van der Waals surface area contributed by atoms with Crippen LogP contribution in [0.15, 0.2) is 18.2 Å². The summed E-state index contributed by atoms with van der Waals surface area (Å²) in [7, 11) is 0. The third kappa shape index (κ3) is 3.09. The van der Waals surface area contributed by atoms with E-state index in [0.717, 1.165) is 3.57 Å². The fourth-order valence-electron chi connectivity index (χ4n) is 2.14. The number of nitrogens with one attached hydrogen (secondary N) is 1. The van der Waals surface area contributed by atoms with Gasteiger partial charge < -0.3 is 5.32 Å². The van der Waals surface area contributed by atoms with Crippen LogP contribution in [0.1, 0.15) is 20.8 Å². The Morgan fingerprint density at radius 1 is 1.35 bits per heavy atom. The SMILES string of the molecule is CC(C)(C)C1NC(=O)CN(c2ccc(I)cc2Cl)C1=O. The molecule has 1 heterocycles. The van der Waals surface area contributed by atoms with Gasteiger partial charge in [-0.15, -0.1) is 0 Å². The lowest BCUT2D eigenvalue weighted by molar-refractivity contribution is -0.133. The summed E-state index contributed by atoms with van der Waals surface area (Å²) in [5, 5.41) is 3.24. The molecule has 0 bridgehead atoms. The average molecular weight is 407 g/mol. The highest BCUT2D eigenvalue weighted by Gasteiger charge is 2.40. The zero-order chi connectivity index (χ0) is 15.1. The Bertz CT molecular complexity index is 569. The van der Waals surface area contributed by atoms with E-state index in [9.17, 15) is 9.59 Å². The van der Waals surface area contributed by atoms with Crippen LogP contribution in [-0.2, 0) is 9.59 Å². The van der Waals surface area contributed by atoms with Crippen molar-refractivity contribution in [3.63, 3.8) is 0 Å². The van der Waals surface area contributed by atoms with Crippen molar-refractivity contribution < 1.29 is 9.59 Å². The second-order valence-corrected chi connectivity index (χ2v) is 7.54. The lowest BCUT2D eigenvalue weighted by Gasteiger charge is -2.39. The molecular weight excluding hydrogens is 391 g/mol. The van der Waals surface area contributed by atoms with Crippen molar-refractivity contribution in [3.8, 4) is 0 Å². The highest BCUT2D eigenvalue weighted by molar-refractivity contribution is 14.1. The minimum atomic E-state index is -0.543. The predicted octanol–water partition coefficient (Wildman–Crippen LogP) is 2.82. The van der Waals surface area contributed by atoms with Crippen LogP contribution in [0.4, 0.5) is 5.69 Å². The molecule has 20 heavy (non-hydrogen) atoms. The minimum absolute atomic E-state index is 0.00568. The number of rotatable bonds is 1. The van der Waals surface area contributed by atoms with Gasteiger partial charge in [-0.05, 0) is 46.2 Å². The van der Waals surface area contributed by atoms with Crippen LogP contribution in [0.5, 0.6) is 0 Å². The summed E-state index contributed by atoms with van der Waals surface area (Å²) in [6, 6.07) is 4.89. The highest BCUT2D eigenvalue weighted by Crippen LogP contribution is 2.31. The fourth-order valence-corrected chi connectivity index (χ4v) is 3.09. The van der Waals surface area contributed by atoms with Gasteiger partial charge in [-0.1, -0.05) is 32.4 Å². The number of hydrogen-bond donors (Lipinski definition) is 1. The molecule has 0 saturated carbocycles. The maximum absolute atomic E-state index is 12.6. The predicted molar refractivity (Wildman–Crippen MR) is 87.9 cm³/mol. The highest BCUT2D eigenvalue weighted by atomic mass is 127. The molecule has 2 rings (SSSR count). The Balaban J connectivity index is 2.40. The molecule has 1 unspecified atom stereocenters. The molecule has 1 N–H and O–H groups in total. The molecule has 4 nitrogen and oxygen atoms in total. The molecule has 1 fully saturated rings. The van der Waals surface area contributed by atoms with Crippen LogP contribution >= 0.6 is 34.2 Å². The van der Waals surface area contributed by atoms with Crippen LogP contribution < -0.4 is 10.2 Å². The van der Waals surface area contributed by atoms with Gasteiger partial charge in [0.1, 0.15) is 12.6 Å². The molecule has 1 aliphatic rings. The van der Waals surface area contributed by atoms with Gasteiger partial charge in [-0.25, -0.2) is 0 Å². The zero-order valence-corrected chi connectivity index (χ0v) is 14.4. The van der Waals surface area contributed by atoms with Gasteiger partial charge in [0.05, 0.1) is 10.7 Å². The summed E-state index contributed by atoms with van der Waals surface area (Å²) in [5.74, 6) is -0.292. The summed E-state index contributed by atoms with van der Waals surface area (Å²) in [6.45, 7) is 5.78. The molecule has 2 amide bonds. The van der Waals surface area contributed by atoms with E-state index in [-0.39, 0.29) is 23.8 Å². The molecule has 0 spiro atoms. The normalized spacial score (nSPS) is 20.1. The van der Waals surface area contributed by atoms with E-state index in [2.05, 4.69) is 27.9 Å². The number of piperazine rings is 1. The van der Waals surface area contributed by atoms with Crippen molar-refractivity contribution in [2.24, 2.45) is 5.41 Å². The Morgan fingerprint density at radius 3 is 2.55 bits per heavy atom. The van der Waals surface area contributed by atoms with E-state index in [0.29, 0.717) is 10.7 Å². The summed E-state index contributed by atoms with van der Waals surface area (Å²) >= 11 is 8.36. The average Bonchev–Trinajstić information content (AvgIpc) is 2.31. The molecule has 1 atom stereocenters. The first kappa shape index (κ1) is 15.6. The van der Waals surface area contributed by atoms with E-state index in [1.54, 1.807) is 12.1 Å². The maximum Gasteiger partial charge on any atom is 0.250 e. The van der Waals surface area contributed by atoms with Crippen molar-refractivity contribution in [2.45, 2.75) is 26.8 Å². The van der Waals surface area contributed by atoms with Crippen LogP contribution in [0.25, 0.3) is 0 Å². The van der Waals surface area contributed by atoms with E-state index in [1.807, 2.05) is 26.8 Å². The molecule has 1 aliphatic heterocycles. The van der Waals surface area contributed by atoms with Crippen LogP contribution in [-0.4, -0.2) is 24.4 Å². The van der Waals surface area contributed by atoms with Gasteiger partial charge in [0.15, 0.2) is 0 Å². The quantitative estimate of drug-likeness (QED) is 0.729. The first-order chi connectivity index (χ1) is 9.20. The first-order valence-electron chi connectivity index (χ1n) is 6.26. The van der Waals surface area contributed by atoms with E-state index < -0.39 is 6.04 Å². The van der Waals surface area contributed by atoms with Crippen molar-refractivity contribution in [1.82, 2.24) is 5.32 Å². The first-order valence-corrected chi connectivity index (χ1v) is 7.71. The number of nitrogens with zero attached hydrogens (tertiary/aromatic N) is 1. The summed E-state index contributed by atoms with van der Waals surface area (Å²) in [4.78, 5) is 25.9. The largest absolute Gasteiger partial charge is 0.342 e. The Hall–Kier alpha value is -0.820. The van der Waals surface area contributed by atoms with Gasteiger partial charge >= 0.3 is 0 Å². The van der Waals surface area contributed by atoms with E-state index in [1.165, 1.54) is 4.90 Å². The molecule has 1 aromatic rings.